The molecule has 0 aliphatic heterocycles. The molecule has 0 aliphatic rings. The van der Waals surface area contributed by atoms with Crippen molar-refractivity contribution in [2.75, 3.05) is 12.4 Å². The molecule has 1 N–H and O–H groups in total. The maximum absolute atomic E-state index is 5.20. The van der Waals surface area contributed by atoms with Crippen LogP contribution in [0.1, 0.15) is 40.0 Å². The average molecular weight is 287 g/mol. The standard InChI is InChI=1S/C19H29NO/c1-6-8-9-15-19(3,4)18(10-7-2)20-16-11-13-17(21-5)14-12-16/h7-9,11-14,18,20H,2,6,10,15H2,1,3-5H3/b9-8+. The zero-order chi connectivity index (χ0) is 15.7. The van der Waals surface area contributed by atoms with Crippen molar-refractivity contribution in [1.82, 2.24) is 0 Å². The van der Waals surface area contributed by atoms with Crippen LogP contribution in [0.4, 0.5) is 5.69 Å². The number of hydrogen-bond acceptors (Lipinski definition) is 2. The van der Waals surface area contributed by atoms with Gasteiger partial charge in [-0.25, -0.2) is 0 Å². The predicted molar refractivity (Wildman–Crippen MR) is 93.0 cm³/mol. The lowest BCUT2D eigenvalue weighted by Gasteiger charge is -2.34. The molecule has 0 radical (unpaired) electrons. The van der Waals surface area contributed by atoms with Crippen molar-refractivity contribution < 1.29 is 4.74 Å². The third-order valence-corrected chi connectivity index (χ3v) is 3.82. The second kappa shape index (κ2) is 8.56. The van der Waals surface area contributed by atoms with Crippen molar-refractivity contribution in [1.29, 1.82) is 0 Å². The van der Waals surface area contributed by atoms with E-state index < -0.39 is 0 Å². The van der Waals surface area contributed by atoms with Gasteiger partial charge in [0.1, 0.15) is 5.75 Å². The lowest BCUT2D eigenvalue weighted by Crippen LogP contribution is -2.35. The van der Waals surface area contributed by atoms with Gasteiger partial charge in [0, 0.05) is 11.7 Å². The molecule has 2 heteroatoms. The fourth-order valence-corrected chi connectivity index (χ4v) is 2.32. The van der Waals surface area contributed by atoms with Crippen LogP contribution in [-0.4, -0.2) is 13.2 Å². The van der Waals surface area contributed by atoms with Crippen molar-refractivity contribution in [2.24, 2.45) is 5.41 Å². The van der Waals surface area contributed by atoms with Gasteiger partial charge in [-0.1, -0.05) is 39.0 Å². The third-order valence-electron chi connectivity index (χ3n) is 3.82. The van der Waals surface area contributed by atoms with E-state index >= 15 is 0 Å². The first kappa shape index (κ1) is 17.4. The molecule has 0 fully saturated rings. The van der Waals surface area contributed by atoms with Crippen molar-refractivity contribution in [3.63, 3.8) is 0 Å². The Balaban J connectivity index is 2.79. The summed E-state index contributed by atoms with van der Waals surface area (Å²) in [5.41, 5.74) is 1.29. The Morgan fingerprint density at radius 2 is 1.90 bits per heavy atom. The van der Waals surface area contributed by atoms with Crippen molar-refractivity contribution >= 4 is 5.69 Å². The minimum atomic E-state index is 0.166. The van der Waals surface area contributed by atoms with Crippen LogP contribution in [0.5, 0.6) is 5.75 Å². The Labute approximate surface area is 129 Å². The zero-order valence-electron chi connectivity index (χ0n) is 13.9. The number of ether oxygens (including phenoxy) is 1. The molecule has 0 spiro atoms. The molecule has 1 aromatic carbocycles. The van der Waals surface area contributed by atoms with E-state index in [0.29, 0.717) is 6.04 Å². The van der Waals surface area contributed by atoms with E-state index in [0.717, 1.165) is 30.7 Å². The van der Waals surface area contributed by atoms with Gasteiger partial charge in [-0.3, -0.25) is 0 Å². The normalized spacial score (nSPS) is 13.1. The van der Waals surface area contributed by atoms with Crippen LogP contribution < -0.4 is 10.1 Å². The largest absolute Gasteiger partial charge is 0.497 e. The summed E-state index contributed by atoms with van der Waals surface area (Å²) in [5, 5.41) is 3.64. The molecule has 1 unspecified atom stereocenters. The zero-order valence-corrected chi connectivity index (χ0v) is 13.9. The number of rotatable bonds is 9. The average Bonchev–Trinajstić information content (AvgIpc) is 2.47. The van der Waals surface area contributed by atoms with Crippen molar-refractivity contribution in [2.45, 2.75) is 46.1 Å². The van der Waals surface area contributed by atoms with Gasteiger partial charge in [-0.15, -0.1) is 6.58 Å². The summed E-state index contributed by atoms with van der Waals surface area (Å²) in [6.45, 7) is 10.7. The first-order chi connectivity index (χ1) is 10.0. The minimum absolute atomic E-state index is 0.166. The van der Waals surface area contributed by atoms with Gasteiger partial charge in [-0.2, -0.15) is 0 Å². The van der Waals surface area contributed by atoms with Crippen LogP contribution in [0.2, 0.25) is 0 Å². The molecule has 0 heterocycles. The van der Waals surface area contributed by atoms with Crippen molar-refractivity contribution in [3.8, 4) is 5.75 Å². The van der Waals surface area contributed by atoms with Crippen LogP contribution >= 0.6 is 0 Å². The maximum atomic E-state index is 5.20. The first-order valence-electron chi connectivity index (χ1n) is 7.70. The molecular weight excluding hydrogens is 258 g/mol. The van der Waals surface area contributed by atoms with Gasteiger partial charge >= 0.3 is 0 Å². The Bertz CT molecular complexity index is 445. The molecule has 21 heavy (non-hydrogen) atoms. The van der Waals surface area contributed by atoms with E-state index in [-0.39, 0.29) is 5.41 Å². The fraction of sp³-hybridized carbons (Fsp3) is 0.474. The molecule has 0 bridgehead atoms. The molecule has 2 nitrogen and oxygen atoms in total. The van der Waals surface area contributed by atoms with Gasteiger partial charge in [0.2, 0.25) is 0 Å². The molecular formula is C19H29NO. The molecule has 1 atom stereocenters. The molecule has 1 aromatic rings. The van der Waals surface area contributed by atoms with Gasteiger partial charge in [0.25, 0.3) is 0 Å². The number of methoxy groups -OCH3 is 1. The van der Waals surface area contributed by atoms with E-state index in [9.17, 15) is 0 Å². The van der Waals surface area contributed by atoms with E-state index in [1.165, 1.54) is 0 Å². The number of nitrogens with one attached hydrogen (secondary N) is 1. The maximum Gasteiger partial charge on any atom is 0.119 e. The lowest BCUT2D eigenvalue weighted by atomic mass is 9.79. The highest BCUT2D eigenvalue weighted by atomic mass is 16.5. The topological polar surface area (TPSA) is 21.3 Å². The van der Waals surface area contributed by atoms with Crippen molar-refractivity contribution in [3.05, 3.63) is 49.1 Å². The Morgan fingerprint density at radius 1 is 1.24 bits per heavy atom. The van der Waals surface area contributed by atoms with Crippen LogP contribution in [-0.2, 0) is 0 Å². The summed E-state index contributed by atoms with van der Waals surface area (Å²) in [7, 11) is 1.69. The first-order valence-corrected chi connectivity index (χ1v) is 7.70. The van der Waals surface area contributed by atoms with Gasteiger partial charge in [0.05, 0.1) is 7.11 Å². The Kier molecular flexibility index (Phi) is 7.07. The minimum Gasteiger partial charge on any atom is -0.497 e. The molecule has 0 saturated carbocycles. The number of benzene rings is 1. The number of anilines is 1. The third kappa shape index (κ3) is 5.66. The monoisotopic (exact) mass is 287 g/mol. The molecule has 0 saturated heterocycles. The van der Waals surface area contributed by atoms with Crippen LogP contribution in [0.15, 0.2) is 49.1 Å². The molecule has 0 aromatic heterocycles. The molecule has 0 amide bonds. The number of allylic oxidation sites excluding steroid dienone is 2. The van der Waals surface area contributed by atoms with E-state index in [1.807, 2.05) is 18.2 Å². The van der Waals surface area contributed by atoms with E-state index in [4.69, 9.17) is 4.74 Å². The highest BCUT2D eigenvalue weighted by molar-refractivity contribution is 5.47. The van der Waals surface area contributed by atoms with E-state index in [1.54, 1.807) is 7.11 Å². The Hall–Kier alpha value is -1.70. The van der Waals surface area contributed by atoms with Gasteiger partial charge in [0.15, 0.2) is 0 Å². The summed E-state index contributed by atoms with van der Waals surface area (Å²) in [6.07, 6.45) is 9.61. The van der Waals surface area contributed by atoms with Gasteiger partial charge < -0.3 is 10.1 Å². The smallest absolute Gasteiger partial charge is 0.119 e. The second-order valence-corrected chi connectivity index (χ2v) is 6.02. The summed E-state index contributed by atoms with van der Waals surface area (Å²) in [5.74, 6) is 0.881. The quantitative estimate of drug-likeness (QED) is 0.611. The summed E-state index contributed by atoms with van der Waals surface area (Å²) in [4.78, 5) is 0. The van der Waals surface area contributed by atoms with Crippen LogP contribution in [0.3, 0.4) is 0 Å². The SMILES string of the molecule is C=CCC(Nc1ccc(OC)cc1)C(C)(C)C/C=C/CC. The highest BCUT2D eigenvalue weighted by Gasteiger charge is 2.27. The molecule has 1 rings (SSSR count). The molecule has 0 aliphatic carbocycles. The summed E-state index contributed by atoms with van der Waals surface area (Å²) >= 11 is 0. The highest BCUT2D eigenvalue weighted by Crippen LogP contribution is 2.31. The summed E-state index contributed by atoms with van der Waals surface area (Å²) in [6, 6.07) is 8.44. The Morgan fingerprint density at radius 3 is 2.43 bits per heavy atom. The van der Waals surface area contributed by atoms with Gasteiger partial charge in [-0.05, 0) is 48.9 Å². The number of hydrogen-bond donors (Lipinski definition) is 1. The summed E-state index contributed by atoms with van der Waals surface area (Å²) < 4.78 is 5.20. The molecule has 116 valence electrons. The van der Waals surface area contributed by atoms with Crippen LogP contribution in [0.25, 0.3) is 0 Å². The predicted octanol–water partition coefficient (Wildman–Crippen LogP) is 5.43. The fourth-order valence-electron chi connectivity index (χ4n) is 2.32. The van der Waals surface area contributed by atoms with Crippen LogP contribution in [0, 0.1) is 5.41 Å². The second-order valence-electron chi connectivity index (χ2n) is 6.02. The lowest BCUT2D eigenvalue weighted by molar-refractivity contribution is 0.308. The van der Waals surface area contributed by atoms with E-state index in [2.05, 4.69) is 57.0 Å².